The van der Waals surface area contributed by atoms with E-state index >= 15 is 0 Å². The maximum atomic E-state index is 4.44. The molecule has 3 heterocycles. The van der Waals surface area contributed by atoms with Crippen molar-refractivity contribution in [2.75, 3.05) is 19.6 Å². The molecule has 0 saturated carbocycles. The Bertz CT molecular complexity index is 619. The number of pyridine rings is 3. The summed E-state index contributed by atoms with van der Waals surface area (Å²) in [5.41, 5.74) is 3.43. The van der Waals surface area contributed by atoms with Gasteiger partial charge < -0.3 is 4.90 Å². The average Bonchev–Trinajstić information content (AvgIpc) is 2.70. The minimum absolute atomic E-state index is 0. The molecule has 0 saturated heterocycles. The molecule has 137 valence electrons. The average molecular weight is 396 g/mol. The molecule has 0 aliphatic carbocycles. The van der Waals surface area contributed by atoms with Gasteiger partial charge in [0.25, 0.3) is 0 Å². The van der Waals surface area contributed by atoms with Crippen molar-refractivity contribution in [3.63, 3.8) is 0 Å². The molecule has 26 heavy (non-hydrogen) atoms. The van der Waals surface area contributed by atoms with Crippen molar-refractivity contribution in [3.05, 3.63) is 90.3 Å². The summed E-state index contributed by atoms with van der Waals surface area (Å²) in [7, 11) is 0. The third-order valence-electron chi connectivity index (χ3n) is 4.23. The van der Waals surface area contributed by atoms with E-state index in [-0.39, 0.29) is 17.1 Å². The Balaban J connectivity index is 0.00000243. The normalized spacial score (nSPS) is 10.5. The molecule has 0 bridgehead atoms. The predicted molar refractivity (Wildman–Crippen MR) is 100 cm³/mol. The molecule has 0 amide bonds. The Morgan fingerprint density at radius 1 is 0.538 bits per heavy atom. The molecular formula is C21H24CuN4+2. The molecule has 0 aliphatic rings. The molecular weight excluding hydrogens is 372 g/mol. The minimum atomic E-state index is 0. The molecule has 3 rings (SSSR count). The maximum Gasteiger partial charge on any atom is 2.00 e. The molecule has 0 spiro atoms. The standard InChI is InChI=1S/C21H24N4.Cu/c1-4-13-22-19(7-1)10-16-25(17-11-20-8-2-5-14-23-20)18-12-21-9-3-6-15-24-21;/h1-9,13-15H,10-12,16-18H2;/q;+2. The van der Waals surface area contributed by atoms with Crippen LogP contribution in [0.2, 0.25) is 0 Å². The van der Waals surface area contributed by atoms with Gasteiger partial charge in [-0.2, -0.15) is 0 Å². The summed E-state index contributed by atoms with van der Waals surface area (Å²) >= 11 is 0. The van der Waals surface area contributed by atoms with Crippen LogP contribution in [0.1, 0.15) is 17.1 Å². The van der Waals surface area contributed by atoms with Crippen molar-refractivity contribution >= 4 is 0 Å². The summed E-state index contributed by atoms with van der Waals surface area (Å²) in [6.45, 7) is 2.99. The first-order chi connectivity index (χ1) is 12.4. The largest absolute Gasteiger partial charge is 2.00 e. The summed E-state index contributed by atoms with van der Waals surface area (Å²) in [5.74, 6) is 0. The fourth-order valence-electron chi connectivity index (χ4n) is 2.79. The van der Waals surface area contributed by atoms with Crippen LogP contribution >= 0.6 is 0 Å². The molecule has 1 radical (unpaired) electrons. The van der Waals surface area contributed by atoms with Crippen molar-refractivity contribution in [3.8, 4) is 0 Å². The van der Waals surface area contributed by atoms with Gasteiger partial charge in [0.05, 0.1) is 0 Å². The van der Waals surface area contributed by atoms with Crippen molar-refractivity contribution in [2.24, 2.45) is 0 Å². The van der Waals surface area contributed by atoms with Crippen LogP contribution in [-0.2, 0) is 36.3 Å². The third kappa shape index (κ3) is 7.04. The summed E-state index contributed by atoms with van der Waals surface area (Å²) < 4.78 is 0. The van der Waals surface area contributed by atoms with Crippen LogP contribution in [0, 0.1) is 0 Å². The van der Waals surface area contributed by atoms with Gasteiger partial charge in [0.2, 0.25) is 0 Å². The van der Waals surface area contributed by atoms with Crippen LogP contribution in [0.3, 0.4) is 0 Å². The molecule has 0 unspecified atom stereocenters. The summed E-state index contributed by atoms with van der Waals surface area (Å²) in [6, 6.07) is 18.3. The van der Waals surface area contributed by atoms with E-state index in [1.165, 1.54) is 0 Å². The Kier molecular flexibility index (Phi) is 8.97. The fourth-order valence-corrected chi connectivity index (χ4v) is 2.79. The van der Waals surface area contributed by atoms with Crippen LogP contribution in [0.25, 0.3) is 0 Å². The molecule has 5 heteroatoms. The van der Waals surface area contributed by atoms with Crippen molar-refractivity contribution in [1.82, 2.24) is 19.9 Å². The minimum Gasteiger partial charge on any atom is -0.302 e. The molecule has 0 atom stereocenters. The van der Waals surface area contributed by atoms with Crippen molar-refractivity contribution in [2.45, 2.75) is 19.3 Å². The quantitative estimate of drug-likeness (QED) is 0.522. The Hall–Kier alpha value is -2.07. The maximum absolute atomic E-state index is 4.44. The van der Waals surface area contributed by atoms with Crippen LogP contribution in [0.15, 0.2) is 73.2 Å². The summed E-state index contributed by atoms with van der Waals surface area (Å²) in [4.78, 5) is 15.8. The number of nitrogens with zero attached hydrogens (tertiary/aromatic N) is 4. The third-order valence-corrected chi connectivity index (χ3v) is 4.23. The van der Waals surface area contributed by atoms with Crippen LogP contribution < -0.4 is 0 Å². The van der Waals surface area contributed by atoms with Gasteiger partial charge in [0.15, 0.2) is 0 Å². The van der Waals surface area contributed by atoms with E-state index in [1.54, 1.807) is 0 Å². The first kappa shape index (κ1) is 20.2. The number of hydrogen-bond donors (Lipinski definition) is 0. The first-order valence-electron chi connectivity index (χ1n) is 8.82. The van der Waals surface area contributed by atoms with Gasteiger partial charge in [-0.3, -0.25) is 15.0 Å². The second-order valence-electron chi connectivity index (χ2n) is 6.05. The van der Waals surface area contributed by atoms with Crippen molar-refractivity contribution in [1.29, 1.82) is 0 Å². The van der Waals surface area contributed by atoms with E-state index in [1.807, 2.05) is 36.8 Å². The topological polar surface area (TPSA) is 41.9 Å². The van der Waals surface area contributed by atoms with E-state index < -0.39 is 0 Å². The van der Waals surface area contributed by atoms with Gasteiger partial charge in [-0.25, -0.2) is 0 Å². The fraction of sp³-hybridized carbons (Fsp3) is 0.286. The SMILES string of the molecule is [Cu+2].c1ccc(CCN(CCc2ccccn2)CCc2ccccn2)nc1. The van der Waals surface area contributed by atoms with Crippen LogP contribution in [-0.4, -0.2) is 39.5 Å². The second-order valence-corrected chi connectivity index (χ2v) is 6.05. The second kappa shape index (κ2) is 11.5. The van der Waals surface area contributed by atoms with Gasteiger partial charge in [0.1, 0.15) is 0 Å². The number of hydrogen-bond acceptors (Lipinski definition) is 4. The first-order valence-corrected chi connectivity index (χ1v) is 8.82. The zero-order chi connectivity index (χ0) is 17.2. The Morgan fingerprint density at radius 3 is 1.15 bits per heavy atom. The smallest absolute Gasteiger partial charge is 0.302 e. The van der Waals surface area contributed by atoms with Crippen molar-refractivity contribution < 1.29 is 17.1 Å². The van der Waals surface area contributed by atoms with Crippen LogP contribution in [0.5, 0.6) is 0 Å². The Labute approximate surface area is 166 Å². The van der Waals surface area contributed by atoms with E-state index in [4.69, 9.17) is 0 Å². The Morgan fingerprint density at radius 2 is 0.885 bits per heavy atom. The molecule has 0 fully saturated rings. The van der Waals surface area contributed by atoms with Gasteiger partial charge in [-0.05, 0) is 36.4 Å². The van der Waals surface area contributed by atoms with E-state index in [0.29, 0.717) is 0 Å². The summed E-state index contributed by atoms with van der Waals surface area (Å²) in [5, 5.41) is 0. The van der Waals surface area contributed by atoms with Gasteiger partial charge in [0, 0.05) is 74.6 Å². The summed E-state index contributed by atoms with van der Waals surface area (Å²) in [6.07, 6.45) is 8.48. The zero-order valence-corrected chi connectivity index (χ0v) is 15.7. The number of aromatic nitrogens is 3. The van der Waals surface area contributed by atoms with E-state index in [2.05, 4.69) is 56.3 Å². The van der Waals surface area contributed by atoms with E-state index in [9.17, 15) is 0 Å². The van der Waals surface area contributed by atoms with Gasteiger partial charge in [-0.15, -0.1) is 0 Å². The molecule has 0 aromatic carbocycles. The molecule has 4 nitrogen and oxygen atoms in total. The van der Waals surface area contributed by atoms with Gasteiger partial charge in [-0.1, -0.05) is 18.2 Å². The number of rotatable bonds is 9. The monoisotopic (exact) mass is 395 g/mol. The zero-order valence-electron chi connectivity index (χ0n) is 14.8. The molecule has 0 N–H and O–H groups in total. The van der Waals surface area contributed by atoms with Crippen LogP contribution in [0.4, 0.5) is 0 Å². The molecule has 0 aliphatic heterocycles. The molecule has 3 aromatic heterocycles. The molecule has 3 aromatic rings. The van der Waals surface area contributed by atoms with E-state index in [0.717, 1.165) is 56.0 Å². The predicted octanol–water partition coefficient (Wildman–Crippen LogP) is 3.20. The van der Waals surface area contributed by atoms with Gasteiger partial charge >= 0.3 is 17.1 Å².